The number of hydrogen-bond acceptors (Lipinski definition) is 2. The smallest absolute Gasteiger partial charge is 0.317 e. The van der Waals surface area contributed by atoms with Gasteiger partial charge in [-0.2, -0.15) is 0 Å². The van der Waals surface area contributed by atoms with Crippen molar-refractivity contribution in [3.63, 3.8) is 0 Å². The summed E-state index contributed by atoms with van der Waals surface area (Å²) >= 11 is 0. The molecular weight excluding hydrogens is 307 g/mol. The van der Waals surface area contributed by atoms with Gasteiger partial charge < -0.3 is 15.0 Å². The van der Waals surface area contributed by atoms with Gasteiger partial charge in [-0.15, -0.1) is 0 Å². The lowest BCUT2D eigenvalue weighted by atomic mass is 9.95. The molecule has 1 saturated heterocycles. The Labute approximate surface area is 144 Å². The Morgan fingerprint density at radius 2 is 2.25 bits per heavy atom. The van der Waals surface area contributed by atoms with E-state index in [9.17, 15) is 9.18 Å². The highest BCUT2D eigenvalue weighted by molar-refractivity contribution is 5.75. The molecule has 24 heavy (non-hydrogen) atoms. The van der Waals surface area contributed by atoms with Gasteiger partial charge in [-0.05, 0) is 43.9 Å². The minimum atomic E-state index is -0.223. The first-order valence-electron chi connectivity index (χ1n) is 8.78. The van der Waals surface area contributed by atoms with E-state index in [1.165, 1.54) is 6.07 Å². The predicted octanol–water partition coefficient (Wildman–Crippen LogP) is 3.60. The fourth-order valence-electron chi connectivity index (χ4n) is 3.10. The third kappa shape index (κ3) is 5.48. The van der Waals surface area contributed by atoms with Gasteiger partial charge in [-0.25, -0.2) is 9.18 Å². The van der Waals surface area contributed by atoms with Gasteiger partial charge in [-0.3, -0.25) is 0 Å². The van der Waals surface area contributed by atoms with Crippen LogP contribution in [0.2, 0.25) is 0 Å². The second-order valence-corrected chi connectivity index (χ2v) is 7.28. The second-order valence-electron chi connectivity index (χ2n) is 7.28. The average molecular weight is 336 g/mol. The van der Waals surface area contributed by atoms with Crippen LogP contribution in [0.25, 0.3) is 0 Å². The topological polar surface area (TPSA) is 41.6 Å². The minimum Gasteiger partial charge on any atom is -0.381 e. The molecule has 1 fully saturated rings. The average Bonchev–Trinajstić information content (AvgIpc) is 2.99. The van der Waals surface area contributed by atoms with E-state index < -0.39 is 0 Å². The molecule has 0 saturated carbocycles. The first kappa shape index (κ1) is 18.7. The van der Waals surface area contributed by atoms with Crippen molar-refractivity contribution in [2.24, 2.45) is 5.41 Å². The van der Waals surface area contributed by atoms with Crippen LogP contribution in [0.1, 0.15) is 39.2 Å². The van der Waals surface area contributed by atoms with Gasteiger partial charge in [0.15, 0.2) is 0 Å². The summed E-state index contributed by atoms with van der Waals surface area (Å²) in [4.78, 5) is 14.4. The van der Waals surface area contributed by atoms with E-state index in [1.54, 1.807) is 12.1 Å². The van der Waals surface area contributed by atoms with E-state index >= 15 is 0 Å². The number of benzene rings is 1. The normalized spacial score (nSPS) is 18.0. The zero-order valence-electron chi connectivity index (χ0n) is 15.0. The van der Waals surface area contributed by atoms with Crippen LogP contribution in [0.5, 0.6) is 0 Å². The molecule has 1 aliphatic rings. The fourth-order valence-corrected chi connectivity index (χ4v) is 3.10. The number of amides is 2. The highest BCUT2D eigenvalue weighted by Crippen LogP contribution is 2.22. The van der Waals surface area contributed by atoms with Gasteiger partial charge in [0.05, 0.1) is 6.61 Å². The molecule has 134 valence electrons. The van der Waals surface area contributed by atoms with Crippen LogP contribution in [0, 0.1) is 11.2 Å². The van der Waals surface area contributed by atoms with Crippen molar-refractivity contribution in [3.8, 4) is 0 Å². The molecule has 1 N–H and O–H groups in total. The molecule has 4 nitrogen and oxygen atoms in total. The van der Waals surface area contributed by atoms with E-state index in [-0.39, 0.29) is 23.3 Å². The number of rotatable bonds is 7. The van der Waals surface area contributed by atoms with Crippen molar-refractivity contribution in [3.05, 3.63) is 35.6 Å². The van der Waals surface area contributed by atoms with Crippen LogP contribution in [0.4, 0.5) is 9.18 Å². The quantitative estimate of drug-likeness (QED) is 0.826. The molecule has 0 aliphatic carbocycles. The summed E-state index contributed by atoms with van der Waals surface area (Å²) in [5, 5.41) is 3.03. The molecule has 1 aliphatic heterocycles. The first-order valence-corrected chi connectivity index (χ1v) is 8.78. The lowest BCUT2D eigenvalue weighted by Crippen LogP contribution is -2.47. The monoisotopic (exact) mass is 336 g/mol. The van der Waals surface area contributed by atoms with Crippen molar-refractivity contribution in [2.45, 2.75) is 46.1 Å². The molecule has 1 unspecified atom stereocenters. The van der Waals surface area contributed by atoms with E-state index in [1.807, 2.05) is 17.9 Å². The number of nitrogens with one attached hydrogen (secondary N) is 1. The summed E-state index contributed by atoms with van der Waals surface area (Å²) in [5.41, 5.74) is 0.847. The predicted molar refractivity (Wildman–Crippen MR) is 93.5 cm³/mol. The SMILES string of the molecule is CCOCC(C)(C)CNC(=O)N1CCCC1Cc1cccc(F)c1. The highest BCUT2D eigenvalue weighted by atomic mass is 19.1. The lowest BCUT2D eigenvalue weighted by Gasteiger charge is -2.29. The van der Waals surface area contributed by atoms with Crippen LogP contribution < -0.4 is 5.32 Å². The summed E-state index contributed by atoms with van der Waals surface area (Å²) in [7, 11) is 0. The maximum absolute atomic E-state index is 13.3. The Bertz CT molecular complexity index is 548. The van der Waals surface area contributed by atoms with Gasteiger partial charge in [0.25, 0.3) is 0 Å². The Hall–Kier alpha value is -1.62. The molecule has 5 heteroatoms. The number of hydrogen-bond donors (Lipinski definition) is 1. The van der Waals surface area contributed by atoms with Crippen molar-refractivity contribution in [1.82, 2.24) is 10.2 Å². The largest absolute Gasteiger partial charge is 0.381 e. The molecule has 1 atom stereocenters. The summed E-state index contributed by atoms with van der Waals surface area (Å²) in [6, 6.07) is 6.76. The van der Waals surface area contributed by atoms with Crippen molar-refractivity contribution >= 4 is 6.03 Å². The molecule has 0 radical (unpaired) electrons. The molecule has 2 rings (SSSR count). The van der Waals surface area contributed by atoms with Gasteiger partial charge in [0, 0.05) is 31.2 Å². The highest BCUT2D eigenvalue weighted by Gasteiger charge is 2.30. The molecule has 1 aromatic carbocycles. The molecule has 0 aromatic heterocycles. The zero-order chi connectivity index (χ0) is 17.6. The zero-order valence-corrected chi connectivity index (χ0v) is 15.0. The number of likely N-dealkylation sites (tertiary alicyclic amines) is 1. The van der Waals surface area contributed by atoms with Gasteiger partial charge in [0.2, 0.25) is 0 Å². The number of carbonyl (C=O) groups excluding carboxylic acids is 1. The van der Waals surface area contributed by atoms with Crippen LogP contribution in [-0.2, 0) is 11.2 Å². The number of urea groups is 1. The number of ether oxygens (including phenoxy) is 1. The molecule has 2 amide bonds. The van der Waals surface area contributed by atoms with E-state index in [0.717, 1.165) is 24.9 Å². The Morgan fingerprint density at radius 3 is 2.96 bits per heavy atom. The molecule has 1 aromatic rings. The number of halogens is 1. The molecule has 1 heterocycles. The number of nitrogens with zero attached hydrogens (tertiary/aromatic N) is 1. The summed E-state index contributed by atoms with van der Waals surface area (Å²) < 4.78 is 18.8. The maximum Gasteiger partial charge on any atom is 0.317 e. The van der Waals surface area contributed by atoms with Crippen molar-refractivity contribution in [1.29, 1.82) is 0 Å². The van der Waals surface area contributed by atoms with E-state index in [4.69, 9.17) is 4.74 Å². The summed E-state index contributed by atoms with van der Waals surface area (Å²) in [6.45, 7) is 8.77. The Balaban J connectivity index is 1.88. The van der Waals surface area contributed by atoms with Gasteiger partial charge in [0.1, 0.15) is 5.82 Å². The lowest BCUT2D eigenvalue weighted by molar-refractivity contribution is 0.0706. The molecule has 0 spiro atoms. The molecule has 0 bridgehead atoms. The fraction of sp³-hybridized carbons (Fsp3) is 0.632. The van der Waals surface area contributed by atoms with Crippen LogP contribution in [0.15, 0.2) is 24.3 Å². The third-order valence-corrected chi connectivity index (χ3v) is 4.41. The maximum atomic E-state index is 13.3. The van der Waals surface area contributed by atoms with Crippen LogP contribution in [0.3, 0.4) is 0 Å². The summed E-state index contributed by atoms with van der Waals surface area (Å²) in [6.07, 6.45) is 2.66. The standard InChI is InChI=1S/C19H29FN2O2/c1-4-24-14-19(2,3)13-21-18(23)22-10-6-9-17(22)12-15-7-5-8-16(20)11-15/h5,7-8,11,17H,4,6,9-10,12-14H2,1-3H3,(H,21,23). The third-order valence-electron chi connectivity index (χ3n) is 4.41. The molecular formula is C19H29FN2O2. The first-order chi connectivity index (χ1) is 11.4. The van der Waals surface area contributed by atoms with Crippen LogP contribution >= 0.6 is 0 Å². The number of carbonyl (C=O) groups is 1. The van der Waals surface area contributed by atoms with Crippen molar-refractivity contribution in [2.75, 3.05) is 26.3 Å². The summed E-state index contributed by atoms with van der Waals surface area (Å²) in [5.74, 6) is -0.223. The Kier molecular flexibility index (Phi) is 6.60. The Morgan fingerprint density at radius 1 is 1.46 bits per heavy atom. The van der Waals surface area contributed by atoms with Gasteiger partial charge >= 0.3 is 6.03 Å². The van der Waals surface area contributed by atoms with E-state index in [0.29, 0.717) is 26.2 Å². The second kappa shape index (κ2) is 8.47. The van der Waals surface area contributed by atoms with E-state index in [2.05, 4.69) is 19.2 Å². The minimum absolute atomic E-state index is 0.0292. The van der Waals surface area contributed by atoms with Gasteiger partial charge in [-0.1, -0.05) is 26.0 Å². The van der Waals surface area contributed by atoms with Crippen molar-refractivity contribution < 1.29 is 13.9 Å². The van der Waals surface area contributed by atoms with Crippen LogP contribution in [-0.4, -0.2) is 43.3 Å².